The summed E-state index contributed by atoms with van der Waals surface area (Å²) < 4.78 is 37.1. The van der Waals surface area contributed by atoms with E-state index in [9.17, 15) is 17.8 Å². The molecule has 140 valence electrons. The molecular weight excluding hydrogens is 386 g/mol. The van der Waals surface area contributed by atoms with Gasteiger partial charge in [-0.3, -0.25) is 14.4 Å². The Bertz CT molecular complexity index is 947. The molecule has 2 N–H and O–H groups in total. The van der Waals surface area contributed by atoms with Crippen LogP contribution in [-0.4, -0.2) is 42.6 Å². The van der Waals surface area contributed by atoms with Crippen molar-refractivity contribution in [3.8, 4) is 0 Å². The number of Topliss-reactive ketones (excluding diaryl/α,β-unsaturated/α-hetero) is 1. The van der Waals surface area contributed by atoms with Gasteiger partial charge >= 0.3 is 0 Å². The Hall–Kier alpha value is -2.09. The average Bonchev–Trinajstić information content (AvgIpc) is 2.55. The molecule has 0 unspecified atom stereocenters. The Labute approximate surface area is 153 Å². The van der Waals surface area contributed by atoms with Gasteiger partial charge in [-0.2, -0.15) is 8.42 Å². The van der Waals surface area contributed by atoms with Crippen LogP contribution in [0.5, 0.6) is 0 Å². The molecule has 0 radical (unpaired) electrons. The summed E-state index contributed by atoms with van der Waals surface area (Å²) in [5.41, 5.74) is 0.230. The highest BCUT2D eigenvalue weighted by atomic mass is 32.2. The molecule has 2 rings (SSSR count). The van der Waals surface area contributed by atoms with Gasteiger partial charge in [0, 0.05) is 17.3 Å². The summed E-state index contributed by atoms with van der Waals surface area (Å²) in [7, 11) is -2.94. The van der Waals surface area contributed by atoms with Crippen LogP contribution in [0.4, 0.5) is 5.69 Å². The lowest BCUT2D eigenvalue weighted by molar-refractivity contribution is -0.432. The van der Waals surface area contributed by atoms with E-state index in [0.717, 1.165) is 0 Å². The van der Waals surface area contributed by atoms with Crippen LogP contribution in [0.3, 0.4) is 0 Å². The zero-order valence-electron chi connectivity index (χ0n) is 13.7. The first-order valence-electron chi connectivity index (χ1n) is 7.03. The first-order chi connectivity index (χ1) is 12.2. The summed E-state index contributed by atoms with van der Waals surface area (Å²) in [6, 6.07) is 7.18. The van der Waals surface area contributed by atoms with Gasteiger partial charge in [0.25, 0.3) is 10.1 Å². The maximum absolute atomic E-state index is 11.6. The predicted molar refractivity (Wildman–Crippen MR) is 92.2 cm³/mol. The van der Waals surface area contributed by atoms with Gasteiger partial charge in [0.15, 0.2) is 5.78 Å². The Kier molecular flexibility index (Phi) is 6.63. The molecule has 2 aromatic carbocycles. The van der Waals surface area contributed by atoms with Crippen molar-refractivity contribution in [1.82, 2.24) is 5.01 Å². The van der Waals surface area contributed by atoms with Crippen molar-refractivity contribution in [3.05, 3.63) is 30.3 Å². The molecule has 2 aromatic rings. The van der Waals surface area contributed by atoms with Gasteiger partial charge in [0.2, 0.25) is 0 Å². The van der Waals surface area contributed by atoms with Crippen LogP contribution in [0, 0.1) is 0 Å². The van der Waals surface area contributed by atoms with Crippen molar-refractivity contribution in [2.24, 2.45) is 10.3 Å². The number of benzene rings is 2. The minimum Gasteiger partial charge on any atom is -0.298 e. The number of ketones is 1. The molecular formula is C14H15N3O7S2. The van der Waals surface area contributed by atoms with Crippen LogP contribution in [0.15, 0.2) is 50.5 Å². The minimum atomic E-state index is -4.49. The second-order valence-electron chi connectivity index (χ2n) is 5.20. The molecule has 0 aliphatic heterocycles. The zero-order chi connectivity index (χ0) is 19.3. The first kappa shape index (κ1) is 20.2. The van der Waals surface area contributed by atoms with Crippen molar-refractivity contribution in [2.75, 3.05) is 13.6 Å². The third kappa shape index (κ3) is 5.20. The summed E-state index contributed by atoms with van der Waals surface area (Å²) in [5.74, 6) is -0.108. The topological polar surface area (TPSA) is 138 Å². The monoisotopic (exact) mass is 401 g/mol. The molecule has 0 atom stereocenters. The van der Waals surface area contributed by atoms with Crippen LogP contribution in [-0.2, 0) is 24.3 Å². The molecule has 0 spiro atoms. The number of hydrogen-bond acceptors (Lipinski definition) is 9. The summed E-state index contributed by atoms with van der Waals surface area (Å²) >= 11 is 0.610. The number of carbonyl (C=O) groups is 1. The smallest absolute Gasteiger partial charge is 0.295 e. The van der Waals surface area contributed by atoms with Crippen LogP contribution in [0.1, 0.15) is 6.92 Å². The van der Waals surface area contributed by atoms with Crippen LogP contribution in [0.25, 0.3) is 10.8 Å². The van der Waals surface area contributed by atoms with E-state index in [1.54, 1.807) is 13.1 Å². The summed E-state index contributed by atoms with van der Waals surface area (Å²) in [4.78, 5) is 11.1. The van der Waals surface area contributed by atoms with Gasteiger partial charge < -0.3 is 0 Å². The quantitative estimate of drug-likeness (QED) is 0.225. The highest BCUT2D eigenvalue weighted by molar-refractivity contribution is 7.94. The fourth-order valence-electron chi connectivity index (χ4n) is 2.19. The fourth-order valence-corrected chi connectivity index (χ4v) is 3.43. The lowest BCUT2D eigenvalue weighted by Crippen LogP contribution is -2.17. The number of fused-ring (bicyclic) bond motifs is 1. The largest absolute Gasteiger partial charge is 0.298 e. The minimum absolute atomic E-state index is 0.0520. The van der Waals surface area contributed by atoms with Crippen LogP contribution < -0.4 is 0 Å². The third-order valence-electron chi connectivity index (χ3n) is 3.10. The van der Waals surface area contributed by atoms with Gasteiger partial charge in [0.05, 0.1) is 24.3 Å². The second kappa shape index (κ2) is 8.53. The molecule has 10 nitrogen and oxygen atoms in total. The van der Waals surface area contributed by atoms with Gasteiger partial charge in [-0.05, 0) is 30.5 Å². The molecule has 0 saturated carbocycles. The summed E-state index contributed by atoms with van der Waals surface area (Å²) in [6.45, 7) is 1.46. The molecule has 0 fully saturated rings. The van der Waals surface area contributed by atoms with E-state index in [1.165, 1.54) is 36.2 Å². The Morgan fingerprint density at radius 3 is 2.65 bits per heavy atom. The zero-order valence-corrected chi connectivity index (χ0v) is 15.3. The summed E-state index contributed by atoms with van der Waals surface area (Å²) in [5, 5.41) is 21.6. The molecule has 0 aliphatic rings. The van der Waals surface area contributed by atoms with E-state index < -0.39 is 10.1 Å². The van der Waals surface area contributed by atoms with Crippen molar-refractivity contribution in [3.63, 3.8) is 0 Å². The lowest BCUT2D eigenvalue weighted by atomic mass is 10.1. The van der Waals surface area contributed by atoms with E-state index in [0.29, 0.717) is 22.3 Å². The van der Waals surface area contributed by atoms with Gasteiger partial charge in [-0.15, -0.1) is 9.45 Å². The fraction of sp³-hybridized carbons (Fsp3) is 0.214. The molecule has 26 heavy (non-hydrogen) atoms. The van der Waals surface area contributed by atoms with Crippen molar-refractivity contribution < 1.29 is 32.4 Å². The third-order valence-corrected chi connectivity index (χ3v) is 4.66. The van der Waals surface area contributed by atoms with Gasteiger partial charge in [-0.25, -0.2) is 5.26 Å². The number of rotatable bonds is 8. The molecule has 12 heteroatoms. The first-order valence-corrected chi connectivity index (χ1v) is 9.22. The molecule has 0 aromatic heterocycles. The maximum atomic E-state index is 11.6. The number of nitrogens with zero attached hydrogens (tertiary/aromatic N) is 3. The predicted octanol–water partition coefficient (Wildman–Crippen LogP) is 3.03. The SMILES string of the molecule is CC(=O)CN(C)N=Nc1cc(SOOO)c2cccc(S(=O)(=O)O)c2c1. The maximum Gasteiger partial charge on any atom is 0.295 e. The number of likely N-dealkylation sites (N-methyl/N-ethyl adjacent to an activating group) is 1. The lowest BCUT2D eigenvalue weighted by Gasteiger charge is -2.10. The van der Waals surface area contributed by atoms with Crippen molar-refractivity contribution in [2.45, 2.75) is 16.7 Å². The Morgan fingerprint density at radius 2 is 2.04 bits per heavy atom. The van der Waals surface area contributed by atoms with E-state index in [4.69, 9.17) is 5.26 Å². The molecule has 0 aliphatic carbocycles. The van der Waals surface area contributed by atoms with Gasteiger partial charge in [-0.1, -0.05) is 22.4 Å². The normalized spacial score (nSPS) is 12.0. The summed E-state index contributed by atoms with van der Waals surface area (Å²) in [6.07, 6.45) is 0. The Balaban J connectivity index is 2.57. The molecule has 0 bridgehead atoms. The van der Waals surface area contributed by atoms with Gasteiger partial charge in [0.1, 0.15) is 4.90 Å². The molecule has 0 heterocycles. The Morgan fingerprint density at radius 1 is 1.31 bits per heavy atom. The highest BCUT2D eigenvalue weighted by Gasteiger charge is 2.17. The highest BCUT2D eigenvalue weighted by Crippen LogP contribution is 2.36. The van der Waals surface area contributed by atoms with E-state index in [2.05, 4.69) is 19.7 Å². The van der Waals surface area contributed by atoms with Crippen molar-refractivity contribution in [1.29, 1.82) is 0 Å². The standard InChI is InChI=1S/C14H15N3O7S2/c1-9(18)8-17(2)16-15-10-6-12-11(13(7-10)25-24-23-19)4-3-5-14(12)26(20,21)22/h3-7,19H,8H2,1-2H3,(H,20,21,22). The molecule has 0 saturated heterocycles. The van der Waals surface area contributed by atoms with Crippen LogP contribution in [0.2, 0.25) is 0 Å². The molecule has 0 amide bonds. The number of carbonyl (C=O) groups excluding carboxylic acids is 1. The second-order valence-corrected chi connectivity index (χ2v) is 7.34. The number of hydrogen-bond donors (Lipinski definition) is 2. The average molecular weight is 401 g/mol. The van der Waals surface area contributed by atoms with E-state index >= 15 is 0 Å². The van der Waals surface area contributed by atoms with Crippen LogP contribution >= 0.6 is 12.0 Å². The van der Waals surface area contributed by atoms with Crippen molar-refractivity contribution >= 4 is 44.4 Å². The van der Waals surface area contributed by atoms with E-state index in [1.807, 2.05) is 0 Å². The van der Waals surface area contributed by atoms with E-state index in [-0.39, 0.29) is 28.3 Å².